The summed E-state index contributed by atoms with van der Waals surface area (Å²) >= 11 is 0. The van der Waals surface area contributed by atoms with E-state index in [0.717, 1.165) is 38.1 Å². The van der Waals surface area contributed by atoms with E-state index < -0.39 is 21.9 Å². The molecule has 2 atom stereocenters. The number of aromatic nitrogens is 1. The molecule has 2 aliphatic rings. The number of halogens is 1. The van der Waals surface area contributed by atoms with Crippen LogP contribution in [0.4, 0.5) is 10.1 Å². The summed E-state index contributed by atoms with van der Waals surface area (Å²) in [6.45, 7) is 0.741. The Morgan fingerprint density at radius 2 is 1.91 bits per heavy atom. The van der Waals surface area contributed by atoms with E-state index in [1.54, 1.807) is 4.90 Å². The molecule has 2 fully saturated rings. The van der Waals surface area contributed by atoms with Gasteiger partial charge in [-0.15, -0.1) is 0 Å². The zero-order chi connectivity index (χ0) is 22.7. The van der Waals surface area contributed by atoms with Crippen LogP contribution in [-0.4, -0.2) is 56.1 Å². The number of nitrogens with one attached hydrogen (secondary N) is 1. The van der Waals surface area contributed by atoms with Gasteiger partial charge in [-0.3, -0.25) is 0 Å². The third-order valence-corrected chi connectivity index (χ3v) is 7.21. The van der Waals surface area contributed by atoms with Crippen molar-refractivity contribution in [3.8, 4) is 5.88 Å². The lowest BCUT2D eigenvalue weighted by Crippen LogP contribution is -2.48. The molecule has 0 spiro atoms. The summed E-state index contributed by atoms with van der Waals surface area (Å²) in [5, 5.41) is 10.2. The third kappa shape index (κ3) is 5.57. The fourth-order valence-electron chi connectivity index (χ4n) is 4.93. The number of aromatic hydroxyl groups is 1. The normalized spacial score (nSPS) is 26.4. The van der Waals surface area contributed by atoms with Gasteiger partial charge in [-0.05, 0) is 43.6 Å². The van der Waals surface area contributed by atoms with Gasteiger partial charge < -0.3 is 14.7 Å². The molecule has 32 heavy (non-hydrogen) atoms. The van der Waals surface area contributed by atoms with Crippen molar-refractivity contribution in [3.05, 3.63) is 54.0 Å². The molecule has 1 aromatic heterocycles. The molecule has 174 valence electrons. The van der Waals surface area contributed by atoms with Crippen molar-refractivity contribution in [1.82, 2.24) is 9.71 Å². The Kier molecular flexibility index (Phi) is 6.97. The molecule has 7 nitrogen and oxygen atoms in total. The Labute approximate surface area is 188 Å². The Bertz CT molecular complexity index is 1010. The first-order valence-electron chi connectivity index (χ1n) is 11.0. The average Bonchev–Trinajstić information content (AvgIpc) is 3.15. The van der Waals surface area contributed by atoms with Gasteiger partial charge in [-0.1, -0.05) is 30.3 Å². The van der Waals surface area contributed by atoms with Gasteiger partial charge in [0.25, 0.3) is 0 Å². The first kappa shape index (κ1) is 22.9. The topological polar surface area (TPSA) is 91.8 Å². The summed E-state index contributed by atoms with van der Waals surface area (Å²) in [6, 6.07) is 11.0. The predicted molar refractivity (Wildman–Crippen MR) is 121 cm³/mol. The molecule has 2 heterocycles. The summed E-state index contributed by atoms with van der Waals surface area (Å²) in [5.74, 6) is -0.301. The van der Waals surface area contributed by atoms with Crippen molar-refractivity contribution < 1.29 is 22.7 Å². The molecule has 1 aromatic carbocycles. The van der Waals surface area contributed by atoms with Gasteiger partial charge in [0, 0.05) is 18.7 Å². The number of ether oxygens (including phenoxy) is 1. The highest BCUT2D eigenvalue weighted by Gasteiger charge is 2.38. The second kappa shape index (κ2) is 9.72. The Morgan fingerprint density at radius 1 is 1.19 bits per heavy atom. The molecule has 0 bridgehead atoms. The highest BCUT2D eigenvalue weighted by atomic mass is 32.2. The zero-order valence-corrected chi connectivity index (χ0v) is 19.0. The van der Waals surface area contributed by atoms with Crippen LogP contribution in [0.15, 0.2) is 42.6 Å². The molecule has 9 heteroatoms. The largest absolute Gasteiger partial charge is 0.492 e. The van der Waals surface area contributed by atoms with Gasteiger partial charge in [0.05, 0.1) is 31.2 Å². The van der Waals surface area contributed by atoms with Gasteiger partial charge in [0.2, 0.25) is 15.9 Å². The van der Waals surface area contributed by atoms with Crippen LogP contribution in [0.3, 0.4) is 0 Å². The minimum atomic E-state index is -3.43. The number of benzene rings is 1. The summed E-state index contributed by atoms with van der Waals surface area (Å²) in [7, 11) is -3.43. The van der Waals surface area contributed by atoms with E-state index in [4.69, 9.17) is 4.74 Å². The predicted octanol–water partition coefficient (Wildman–Crippen LogP) is 3.17. The van der Waals surface area contributed by atoms with E-state index in [1.807, 2.05) is 6.07 Å². The maximum Gasteiger partial charge on any atom is 0.235 e. The second-order valence-electron chi connectivity index (χ2n) is 8.76. The molecule has 1 aliphatic carbocycles. The summed E-state index contributed by atoms with van der Waals surface area (Å²) < 4.78 is 46.5. The Balaban J connectivity index is 1.42. The molecular formula is C23H30FN3O4S. The van der Waals surface area contributed by atoms with Gasteiger partial charge in [-0.25, -0.2) is 22.5 Å². The molecule has 0 radical (unpaired) electrons. The third-order valence-electron chi connectivity index (χ3n) is 6.48. The van der Waals surface area contributed by atoms with E-state index in [2.05, 4.69) is 34.0 Å². The number of nitrogens with zero attached hydrogens (tertiary/aromatic N) is 2. The monoisotopic (exact) mass is 463 g/mol. The lowest BCUT2D eigenvalue weighted by molar-refractivity contribution is 0.0156. The minimum Gasteiger partial charge on any atom is -0.492 e. The number of hydrogen-bond donors (Lipinski definition) is 2. The van der Waals surface area contributed by atoms with Crippen LogP contribution >= 0.6 is 0 Å². The summed E-state index contributed by atoms with van der Waals surface area (Å²) in [4.78, 5) is 5.50. The number of anilines is 1. The van der Waals surface area contributed by atoms with E-state index in [0.29, 0.717) is 18.9 Å². The van der Waals surface area contributed by atoms with Crippen LogP contribution in [0.25, 0.3) is 0 Å². The Morgan fingerprint density at radius 3 is 2.59 bits per heavy atom. The lowest BCUT2D eigenvalue weighted by atomic mass is 9.83. The van der Waals surface area contributed by atoms with Crippen molar-refractivity contribution in [2.24, 2.45) is 0 Å². The average molecular weight is 464 g/mol. The van der Waals surface area contributed by atoms with Crippen LogP contribution in [0.2, 0.25) is 0 Å². The maximum atomic E-state index is 13.8. The number of pyridine rings is 1. The van der Waals surface area contributed by atoms with E-state index in [-0.39, 0.29) is 30.3 Å². The van der Waals surface area contributed by atoms with Gasteiger partial charge in [0.15, 0.2) is 0 Å². The molecule has 4 rings (SSSR count). The minimum absolute atomic E-state index is 0.0931. The molecule has 2 aromatic rings. The summed E-state index contributed by atoms with van der Waals surface area (Å²) in [5.41, 5.74) is 1.61. The van der Waals surface area contributed by atoms with E-state index in [1.165, 1.54) is 11.6 Å². The molecule has 0 amide bonds. The van der Waals surface area contributed by atoms with E-state index in [9.17, 15) is 17.9 Å². The maximum absolute atomic E-state index is 13.8. The number of rotatable bonds is 7. The first-order valence-corrected chi connectivity index (χ1v) is 12.9. The van der Waals surface area contributed by atoms with Crippen molar-refractivity contribution >= 4 is 15.7 Å². The molecule has 1 saturated heterocycles. The quantitative estimate of drug-likeness (QED) is 0.655. The highest BCUT2D eigenvalue weighted by molar-refractivity contribution is 7.88. The highest BCUT2D eigenvalue weighted by Crippen LogP contribution is 2.36. The molecule has 1 aliphatic heterocycles. The fraction of sp³-hybridized carbons (Fsp3) is 0.522. The van der Waals surface area contributed by atoms with Gasteiger partial charge in [-0.2, -0.15) is 0 Å². The van der Waals surface area contributed by atoms with Gasteiger partial charge >= 0.3 is 0 Å². The first-order chi connectivity index (χ1) is 15.3. The van der Waals surface area contributed by atoms with Crippen LogP contribution in [0, 0.1) is 5.82 Å². The Hall–Kier alpha value is -2.23. The SMILES string of the molecule is CS(=O)(=O)N[C@H]1CCN(c2cc(F)cnc2O)[C@H]1CO[C@H]1CC[C@@H](c2ccccc2)CC1. The lowest BCUT2D eigenvalue weighted by Gasteiger charge is -2.33. The zero-order valence-electron chi connectivity index (χ0n) is 18.2. The molecular weight excluding hydrogens is 433 g/mol. The second-order valence-corrected chi connectivity index (χ2v) is 10.5. The fourth-order valence-corrected chi connectivity index (χ4v) is 5.75. The van der Waals surface area contributed by atoms with Crippen molar-refractivity contribution in [2.45, 2.75) is 56.2 Å². The van der Waals surface area contributed by atoms with Crippen LogP contribution < -0.4 is 9.62 Å². The van der Waals surface area contributed by atoms with Crippen LogP contribution in [-0.2, 0) is 14.8 Å². The smallest absolute Gasteiger partial charge is 0.235 e. The molecule has 1 saturated carbocycles. The van der Waals surface area contributed by atoms with Crippen LogP contribution in [0.5, 0.6) is 5.88 Å². The molecule has 0 unspecified atom stereocenters. The number of sulfonamides is 1. The van der Waals surface area contributed by atoms with Crippen LogP contribution in [0.1, 0.15) is 43.6 Å². The number of hydrogen-bond acceptors (Lipinski definition) is 6. The van der Waals surface area contributed by atoms with Gasteiger partial charge in [0.1, 0.15) is 11.5 Å². The standard InChI is InChI=1S/C23H30FN3O4S/c1-32(29,30)26-20-11-12-27(21-13-18(24)14-25-23(21)28)22(20)15-31-19-9-7-17(8-10-19)16-5-3-2-4-6-16/h2-6,13-14,17,19-20,22,26H,7-12,15H2,1H3,(H,25,28)/t17-,19+,20-,22-/m0/s1. The van der Waals surface area contributed by atoms with E-state index >= 15 is 0 Å². The van der Waals surface area contributed by atoms with Crippen molar-refractivity contribution in [1.29, 1.82) is 0 Å². The summed E-state index contributed by atoms with van der Waals surface area (Å²) in [6.07, 6.45) is 6.66. The van der Waals surface area contributed by atoms with Crippen molar-refractivity contribution in [2.75, 3.05) is 24.3 Å². The molecule has 2 N–H and O–H groups in total. The van der Waals surface area contributed by atoms with Crippen molar-refractivity contribution in [3.63, 3.8) is 0 Å².